The molecule has 0 bridgehead atoms. The Kier molecular flexibility index (Phi) is 5.98. The minimum Gasteiger partial charge on any atom is -0.378 e. The van der Waals surface area contributed by atoms with Crippen molar-refractivity contribution in [3.63, 3.8) is 0 Å². The van der Waals surface area contributed by atoms with Crippen LogP contribution in [-0.2, 0) is 16.0 Å². The lowest BCUT2D eigenvalue weighted by atomic mass is 9.93. The first-order valence-electron chi connectivity index (χ1n) is 8.82. The van der Waals surface area contributed by atoms with Gasteiger partial charge in [0.15, 0.2) is 0 Å². The molecule has 7 heteroatoms. The number of anilines is 1. The van der Waals surface area contributed by atoms with Crippen molar-refractivity contribution in [2.24, 2.45) is 5.92 Å². The Labute approximate surface area is 143 Å². The van der Waals surface area contributed by atoms with Crippen molar-refractivity contribution in [1.82, 2.24) is 19.8 Å². The summed E-state index contributed by atoms with van der Waals surface area (Å²) in [5, 5.41) is 3.11. The molecule has 0 aromatic carbocycles. The lowest BCUT2D eigenvalue weighted by molar-refractivity contribution is -0.136. The number of hydrogen-bond donors (Lipinski definition) is 1. The highest BCUT2D eigenvalue weighted by Gasteiger charge is 2.25. The van der Waals surface area contributed by atoms with E-state index in [2.05, 4.69) is 20.2 Å². The van der Waals surface area contributed by atoms with Crippen LogP contribution in [0.15, 0.2) is 12.4 Å². The van der Waals surface area contributed by atoms with Crippen LogP contribution in [0.2, 0.25) is 0 Å². The number of ether oxygens (including phenoxy) is 1. The summed E-state index contributed by atoms with van der Waals surface area (Å²) in [5.74, 6) is 1.62. The molecule has 0 aliphatic carbocycles. The minimum atomic E-state index is 0.231. The zero-order valence-corrected chi connectivity index (χ0v) is 14.4. The summed E-state index contributed by atoms with van der Waals surface area (Å²) in [6, 6.07) is 0. The van der Waals surface area contributed by atoms with Gasteiger partial charge in [-0.15, -0.1) is 0 Å². The van der Waals surface area contributed by atoms with Gasteiger partial charge in [-0.25, -0.2) is 4.98 Å². The van der Waals surface area contributed by atoms with Crippen LogP contribution in [0.4, 0.5) is 5.82 Å². The zero-order valence-electron chi connectivity index (χ0n) is 14.4. The van der Waals surface area contributed by atoms with Crippen molar-refractivity contribution in [1.29, 1.82) is 0 Å². The molecule has 0 radical (unpaired) electrons. The fraction of sp³-hybridized carbons (Fsp3) is 0.706. The molecule has 7 nitrogen and oxygen atoms in total. The lowest BCUT2D eigenvalue weighted by Gasteiger charge is -2.34. The summed E-state index contributed by atoms with van der Waals surface area (Å²) in [7, 11) is 1.88. The van der Waals surface area contributed by atoms with E-state index in [-0.39, 0.29) is 5.91 Å². The Morgan fingerprint density at radius 2 is 2.08 bits per heavy atom. The van der Waals surface area contributed by atoms with Crippen molar-refractivity contribution in [2.45, 2.75) is 19.3 Å². The van der Waals surface area contributed by atoms with Gasteiger partial charge in [-0.05, 0) is 31.7 Å². The summed E-state index contributed by atoms with van der Waals surface area (Å²) in [6.45, 7) is 5.25. The van der Waals surface area contributed by atoms with Crippen molar-refractivity contribution >= 4 is 11.7 Å². The van der Waals surface area contributed by atoms with Crippen molar-refractivity contribution in [2.75, 3.05) is 58.3 Å². The van der Waals surface area contributed by atoms with Crippen LogP contribution in [0.3, 0.4) is 0 Å². The maximum absolute atomic E-state index is 12.4. The lowest BCUT2D eigenvalue weighted by Crippen LogP contribution is -2.48. The molecule has 0 spiro atoms. The Bertz CT molecular complexity index is 548. The van der Waals surface area contributed by atoms with Crippen molar-refractivity contribution in [3.05, 3.63) is 18.1 Å². The number of carbonyl (C=O) groups is 1. The van der Waals surface area contributed by atoms with Gasteiger partial charge in [0.2, 0.25) is 5.91 Å². The van der Waals surface area contributed by atoms with Gasteiger partial charge in [0.05, 0.1) is 25.5 Å². The molecule has 2 aliphatic heterocycles. The highest BCUT2D eigenvalue weighted by molar-refractivity contribution is 5.78. The minimum absolute atomic E-state index is 0.231. The first-order chi connectivity index (χ1) is 11.8. The molecular weight excluding hydrogens is 306 g/mol. The Morgan fingerprint density at radius 3 is 2.88 bits per heavy atom. The van der Waals surface area contributed by atoms with E-state index in [1.165, 1.54) is 6.42 Å². The molecule has 1 atom stereocenters. The van der Waals surface area contributed by atoms with Gasteiger partial charge in [-0.3, -0.25) is 14.7 Å². The van der Waals surface area contributed by atoms with Gasteiger partial charge >= 0.3 is 0 Å². The molecule has 1 aromatic rings. The van der Waals surface area contributed by atoms with Gasteiger partial charge in [0, 0.05) is 39.1 Å². The fourth-order valence-electron chi connectivity index (χ4n) is 3.56. The van der Waals surface area contributed by atoms with E-state index in [1.54, 1.807) is 12.4 Å². The van der Waals surface area contributed by atoms with E-state index in [0.717, 1.165) is 50.5 Å². The number of piperidine rings is 1. The molecule has 3 rings (SSSR count). The second kappa shape index (κ2) is 8.39. The Balaban J connectivity index is 1.53. The molecule has 0 saturated carbocycles. The molecule has 3 heterocycles. The van der Waals surface area contributed by atoms with E-state index in [4.69, 9.17) is 4.74 Å². The van der Waals surface area contributed by atoms with Crippen LogP contribution in [0.25, 0.3) is 0 Å². The molecule has 132 valence electrons. The largest absolute Gasteiger partial charge is 0.378 e. The molecule has 1 aromatic heterocycles. The third kappa shape index (κ3) is 4.42. The number of hydrogen-bond acceptors (Lipinski definition) is 6. The monoisotopic (exact) mass is 333 g/mol. The quantitative estimate of drug-likeness (QED) is 0.852. The Morgan fingerprint density at radius 1 is 1.29 bits per heavy atom. The number of morpholine rings is 1. The molecule has 24 heavy (non-hydrogen) atoms. The number of likely N-dealkylation sites (tertiary alicyclic amines) is 1. The van der Waals surface area contributed by atoms with Gasteiger partial charge in [0.1, 0.15) is 5.82 Å². The topological polar surface area (TPSA) is 70.6 Å². The standard InChI is InChI=1S/C17H27N5O2/c1-18-17-15(19-4-5-20-17)11-14-3-2-6-21(12-14)13-16(23)22-7-9-24-10-8-22/h4-5,14H,2-3,6-13H2,1H3,(H,18,20)/t14-/m0/s1. The van der Waals surface area contributed by atoms with Gasteiger partial charge < -0.3 is 15.0 Å². The molecule has 2 fully saturated rings. The van der Waals surface area contributed by atoms with Crippen molar-refractivity contribution in [3.8, 4) is 0 Å². The maximum Gasteiger partial charge on any atom is 0.236 e. The summed E-state index contributed by atoms with van der Waals surface area (Å²) < 4.78 is 5.32. The van der Waals surface area contributed by atoms with E-state index in [0.29, 0.717) is 25.7 Å². The first kappa shape index (κ1) is 17.1. The summed E-state index contributed by atoms with van der Waals surface area (Å²) in [6.07, 6.45) is 6.69. The highest BCUT2D eigenvalue weighted by atomic mass is 16.5. The summed E-state index contributed by atoms with van der Waals surface area (Å²) >= 11 is 0. The fourth-order valence-corrected chi connectivity index (χ4v) is 3.56. The number of nitrogens with one attached hydrogen (secondary N) is 1. The third-order valence-corrected chi connectivity index (χ3v) is 4.82. The number of carbonyl (C=O) groups excluding carboxylic acids is 1. The number of rotatable bonds is 5. The van der Waals surface area contributed by atoms with Crippen LogP contribution in [-0.4, -0.2) is 78.7 Å². The average molecular weight is 333 g/mol. The number of aromatic nitrogens is 2. The smallest absolute Gasteiger partial charge is 0.236 e. The van der Waals surface area contributed by atoms with Crippen LogP contribution >= 0.6 is 0 Å². The first-order valence-corrected chi connectivity index (χ1v) is 8.82. The normalized spacial score (nSPS) is 22.4. The second-order valence-corrected chi connectivity index (χ2v) is 6.54. The van der Waals surface area contributed by atoms with Crippen LogP contribution in [0.5, 0.6) is 0 Å². The van der Waals surface area contributed by atoms with Gasteiger partial charge in [-0.1, -0.05) is 0 Å². The molecule has 2 aliphatic rings. The molecule has 1 N–H and O–H groups in total. The number of amides is 1. The molecule has 1 amide bonds. The maximum atomic E-state index is 12.4. The van der Waals surface area contributed by atoms with Crippen LogP contribution in [0.1, 0.15) is 18.5 Å². The number of nitrogens with zero attached hydrogens (tertiary/aromatic N) is 4. The predicted molar refractivity (Wildman–Crippen MR) is 91.8 cm³/mol. The molecule has 2 saturated heterocycles. The van der Waals surface area contributed by atoms with E-state index < -0.39 is 0 Å². The summed E-state index contributed by atoms with van der Waals surface area (Å²) in [4.78, 5) is 25.4. The van der Waals surface area contributed by atoms with E-state index in [9.17, 15) is 4.79 Å². The molecule has 0 unspecified atom stereocenters. The van der Waals surface area contributed by atoms with E-state index in [1.807, 2.05) is 11.9 Å². The average Bonchev–Trinajstić information content (AvgIpc) is 2.63. The van der Waals surface area contributed by atoms with Gasteiger partial charge in [0.25, 0.3) is 0 Å². The Hall–Kier alpha value is -1.73. The summed E-state index contributed by atoms with van der Waals surface area (Å²) in [5.41, 5.74) is 1.02. The predicted octanol–water partition coefficient (Wildman–Crippen LogP) is 0.632. The van der Waals surface area contributed by atoms with E-state index >= 15 is 0 Å². The zero-order chi connectivity index (χ0) is 16.8. The third-order valence-electron chi connectivity index (χ3n) is 4.82. The van der Waals surface area contributed by atoms with Crippen molar-refractivity contribution < 1.29 is 9.53 Å². The van der Waals surface area contributed by atoms with Crippen LogP contribution < -0.4 is 5.32 Å². The van der Waals surface area contributed by atoms with Gasteiger partial charge in [-0.2, -0.15) is 0 Å². The second-order valence-electron chi connectivity index (χ2n) is 6.54. The molecular formula is C17H27N5O2. The van der Waals surface area contributed by atoms with Crippen LogP contribution in [0, 0.1) is 5.92 Å². The SMILES string of the molecule is CNc1nccnc1C[C@@H]1CCCN(CC(=O)N2CCOCC2)C1. The highest BCUT2D eigenvalue weighted by Crippen LogP contribution is 2.22.